The van der Waals surface area contributed by atoms with Crippen LogP contribution in [0, 0.1) is 0 Å². The molecule has 0 atom stereocenters. The van der Waals surface area contributed by atoms with Crippen molar-refractivity contribution in [2.75, 3.05) is 32.0 Å². The Morgan fingerprint density at radius 1 is 0.300 bits per heavy atom. The van der Waals surface area contributed by atoms with Gasteiger partial charge in [-0.1, -0.05) is 255 Å². The monoisotopic (exact) mass is 2000 g/mol. The molecular formula is C122H100N12O15S. The molecule has 744 valence electrons. The van der Waals surface area contributed by atoms with Gasteiger partial charge in [0.15, 0.2) is 5.13 Å². The van der Waals surface area contributed by atoms with Gasteiger partial charge in [-0.2, -0.15) is 0 Å². The van der Waals surface area contributed by atoms with E-state index in [1.807, 2.05) is 249 Å². The Bertz CT molecular complexity index is 7440. The van der Waals surface area contributed by atoms with E-state index in [2.05, 4.69) is 63.2 Å². The summed E-state index contributed by atoms with van der Waals surface area (Å²) in [7, 11) is 0. The summed E-state index contributed by atoms with van der Waals surface area (Å²) in [5, 5.41) is 21.0. The molecule has 0 unspecified atom stereocenters. The number of nitrogens with zero attached hydrogens (tertiary/aromatic N) is 6. The van der Waals surface area contributed by atoms with Crippen LogP contribution in [0.2, 0.25) is 0 Å². The van der Waals surface area contributed by atoms with Crippen LogP contribution < -0.4 is 46.2 Å². The number of hydrogen-bond acceptors (Lipinski definition) is 21. The van der Waals surface area contributed by atoms with E-state index in [-0.39, 0.29) is 0 Å². The molecular weight excluding hydrogens is 1910 g/mol. The smallest absolute Gasteiger partial charge is 0.311 e. The van der Waals surface area contributed by atoms with Crippen LogP contribution in [-0.4, -0.2) is 100.0 Å². The number of benzene rings is 11. The average molecular weight is 2010 g/mol. The minimum Gasteiger partial charge on any atom is -0.489 e. The zero-order valence-electron chi connectivity index (χ0n) is 81.4. The van der Waals surface area contributed by atoms with Crippen LogP contribution >= 0.6 is 11.3 Å². The van der Waals surface area contributed by atoms with Crippen LogP contribution in [0.1, 0.15) is 131 Å². The third-order valence-electron chi connectivity index (χ3n) is 25.9. The first-order chi connectivity index (χ1) is 73.3. The molecule has 6 amide bonds. The van der Waals surface area contributed by atoms with Gasteiger partial charge in [-0.25, -0.2) is 14.6 Å². The highest BCUT2D eigenvalue weighted by Gasteiger charge is 2.34. The molecule has 150 heavy (non-hydrogen) atoms. The van der Waals surface area contributed by atoms with Crippen molar-refractivity contribution in [3.8, 4) is 17.2 Å². The molecule has 0 saturated carbocycles. The fourth-order valence-corrected chi connectivity index (χ4v) is 19.3. The fraction of sp³-hybridized carbons (Fsp3) is 0.139. The molecule has 15 aromatic rings. The number of allylic oxidation sites excluding steroid dienone is 6. The second-order valence-electron chi connectivity index (χ2n) is 35.8. The zero-order chi connectivity index (χ0) is 104. The van der Waals surface area contributed by atoms with E-state index < -0.39 is 70.1 Å². The molecule has 0 radical (unpaired) electrons. The minimum absolute atomic E-state index is 0.347. The number of para-hydroxylation sites is 1. The van der Waals surface area contributed by atoms with Crippen molar-refractivity contribution >= 4 is 143 Å². The summed E-state index contributed by atoms with van der Waals surface area (Å²) in [6.45, 7) is 1.32. The van der Waals surface area contributed by atoms with Crippen molar-refractivity contribution in [3.63, 3.8) is 0 Å². The van der Waals surface area contributed by atoms with Gasteiger partial charge in [0, 0.05) is 74.0 Å². The van der Waals surface area contributed by atoms with Crippen molar-refractivity contribution in [1.29, 1.82) is 0 Å². The highest BCUT2D eigenvalue weighted by Crippen LogP contribution is 2.39. The van der Waals surface area contributed by atoms with E-state index >= 15 is 0 Å². The molecule has 28 heteroatoms. The Labute approximate surface area is 868 Å². The first kappa shape index (κ1) is 101. The largest absolute Gasteiger partial charge is 0.489 e. The molecule has 6 N–H and O–H groups in total. The van der Waals surface area contributed by atoms with Crippen molar-refractivity contribution in [3.05, 3.63) is 470 Å². The average Bonchev–Trinajstić information content (AvgIpc) is 1.65. The SMILES string of the molecule is O=C(Nc1cccc2c1CCCC2)C(=O)C1=CCc2ccccc21.O=C(Nc1ccccc1)C(=O)C1=CCc2ccc(OCc3ccccc3)cc21.O=C(Nc1ccccn1)C(=O)C1=CCc2ccc(OCc3ccccc3)cc21.O=C(Nc1ccncc1)C(=O)C1=CCc2ccc(OCc3ccccc3)cc21.O=C(Nc1nc2c(s1)CCCC2)C(=O)C1=CCc2ccccc21.O=C(Nn1cnnc1)C(=O)C1=CCc2ccccc21. The summed E-state index contributed by atoms with van der Waals surface area (Å²) in [5.41, 5.74) is 24.9. The highest BCUT2D eigenvalue weighted by atomic mass is 32.1. The number of fused-ring (bicyclic) bond motifs is 8. The summed E-state index contributed by atoms with van der Waals surface area (Å²) >= 11 is 1.49. The molecule has 8 aliphatic rings. The van der Waals surface area contributed by atoms with E-state index in [1.54, 1.807) is 97.5 Å². The van der Waals surface area contributed by atoms with Gasteiger partial charge < -0.3 is 35.5 Å². The van der Waals surface area contributed by atoms with Gasteiger partial charge in [0.25, 0.3) is 64.2 Å². The van der Waals surface area contributed by atoms with E-state index in [4.69, 9.17) is 14.2 Å². The van der Waals surface area contributed by atoms with Gasteiger partial charge in [-0.3, -0.25) is 73.3 Å². The van der Waals surface area contributed by atoms with Crippen LogP contribution in [0.25, 0.3) is 33.4 Å². The lowest BCUT2D eigenvalue weighted by molar-refractivity contribution is -0.132. The molecule has 27 nitrogen and oxygen atoms in total. The predicted octanol–water partition coefficient (Wildman–Crippen LogP) is 19.5. The number of rotatable bonds is 27. The Morgan fingerprint density at radius 2 is 0.660 bits per heavy atom. The van der Waals surface area contributed by atoms with Gasteiger partial charge in [-0.15, -0.1) is 21.5 Å². The number of thiazole rings is 1. The Kier molecular flexibility index (Phi) is 32.9. The summed E-state index contributed by atoms with van der Waals surface area (Å²) < 4.78 is 18.8. The van der Waals surface area contributed by atoms with Gasteiger partial charge in [-0.05, 0) is 263 Å². The van der Waals surface area contributed by atoms with Crippen molar-refractivity contribution in [2.24, 2.45) is 0 Å². The summed E-state index contributed by atoms with van der Waals surface area (Å²) in [4.78, 5) is 162. The number of carbonyl (C=O) groups is 12. The molecule has 0 fully saturated rings. The lowest BCUT2D eigenvalue weighted by Crippen LogP contribution is -2.29. The third kappa shape index (κ3) is 25.4. The number of nitrogens with one attached hydrogen (secondary N) is 6. The van der Waals surface area contributed by atoms with Gasteiger partial charge in [0.05, 0.1) is 5.69 Å². The lowest BCUT2D eigenvalue weighted by Gasteiger charge is -2.19. The second-order valence-corrected chi connectivity index (χ2v) is 36.9. The third-order valence-corrected chi connectivity index (χ3v) is 27.0. The van der Waals surface area contributed by atoms with Crippen LogP contribution in [0.15, 0.2) is 365 Å². The Balaban J connectivity index is 0.000000118. The van der Waals surface area contributed by atoms with Crippen LogP contribution in [0.4, 0.5) is 28.0 Å². The maximum atomic E-state index is 12.7. The van der Waals surface area contributed by atoms with Gasteiger partial charge in [0.2, 0.25) is 0 Å². The number of amides is 6. The number of carbonyl (C=O) groups excluding carboxylic acids is 12. The first-order valence-electron chi connectivity index (χ1n) is 49.1. The fourth-order valence-electron chi connectivity index (χ4n) is 18.3. The highest BCUT2D eigenvalue weighted by molar-refractivity contribution is 7.16. The number of aromatic nitrogens is 6. The van der Waals surface area contributed by atoms with Crippen LogP contribution in [-0.2, 0) is 142 Å². The molecule has 11 aromatic carbocycles. The number of anilines is 5. The molecule has 0 aliphatic heterocycles. The van der Waals surface area contributed by atoms with Crippen molar-refractivity contribution in [1.82, 2.24) is 29.8 Å². The van der Waals surface area contributed by atoms with E-state index in [0.717, 1.165) is 133 Å². The summed E-state index contributed by atoms with van der Waals surface area (Å²) in [6, 6.07) is 92.9. The van der Waals surface area contributed by atoms with Gasteiger partial charge >= 0.3 is 5.91 Å². The van der Waals surface area contributed by atoms with Crippen LogP contribution in [0.3, 0.4) is 0 Å². The molecule has 4 aromatic heterocycles. The summed E-state index contributed by atoms with van der Waals surface area (Å²) in [6.07, 6.45) is 30.7. The standard InChI is InChI=1S/C24H19NO3.2C23H18N2O3.C21H19NO2.C18H16N2O2S.C13H10N4O2/c26-23(24(27)25-19-9-5-2-6-10-19)21-14-12-18-11-13-20(15-22(18)21)28-16-17-7-3-1-4-8-17;26-22(23(27)25-21-8-4-5-13-24-21)19-12-10-17-9-11-18(14-20(17)19)28-15-16-6-2-1-3-7-16;26-22(23(27)25-18-10-12-24-13-11-18)20-9-7-17-6-8-19(14-21(17)20)28-15-16-4-2-1-3-5-16;23-20(18-13-12-15-7-1-3-9-16(15)18)21(24)22-19-11-5-8-14-6-2-4-10-17(14)19;21-16(13-10-9-11-5-1-2-6-12(11)13)17(22)20-18-19-14-7-3-4-8-15(14)23-18;18-12(13(19)16-17-7-14-15-8-17)11-6-5-9-3-1-2-4-10(9)11/h1-11,13-15H,12,16H2,(H,25,27);1-9,11-14H,10,15H2,(H,24,25,27);1-6,8-14H,7,15H2,(H,24,25,27);1,3,5,7-9,11,13H,2,4,6,10,12H2,(H,22,24);1-2,5-6,10H,3-4,7-9H2,(H,19,20,22);1-4,6-8H,5H2,(H,16,19). The van der Waals surface area contributed by atoms with Crippen molar-refractivity contribution in [2.45, 2.75) is 110 Å². The van der Waals surface area contributed by atoms with Crippen molar-refractivity contribution < 1.29 is 71.7 Å². The van der Waals surface area contributed by atoms with Crippen LogP contribution in [0.5, 0.6) is 17.2 Å². The van der Waals surface area contributed by atoms with E-state index in [0.29, 0.717) is 131 Å². The quantitative estimate of drug-likeness (QED) is 0.0260. The maximum absolute atomic E-state index is 12.7. The number of aryl methyl sites for hydroxylation is 3. The van der Waals surface area contributed by atoms with Gasteiger partial charge in [0.1, 0.15) is 55.5 Å². The number of Topliss-reactive ketones (excluding diaryl/α,β-unsaturated/α-hetero) is 6. The molecule has 0 saturated heterocycles. The normalized spacial score (nSPS) is 13.2. The number of pyridine rings is 2. The molecule has 0 spiro atoms. The Morgan fingerprint density at radius 3 is 1.10 bits per heavy atom. The minimum atomic E-state index is -0.706. The predicted molar refractivity (Wildman–Crippen MR) is 575 cm³/mol. The summed E-state index contributed by atoms with van der Waals surface area (Å²) in [5.74, 6) is -4.68. The Hall–Kier alpha value is -18.8. The number of ether oxygens (including phenoxy) is 3. The zero-order valence-corrected chi connectivity index (χ0v) is 82.2. The van der Waals surface area contributed by atoms with E-state index in [9.17, 15) is 57.5 Å². The number of ketones is 6. The molecule has 23 rings (SSSR count). The molecule has 8 aliphatic carbocycles. The molecule has 0 bridgehead atoms. The molecule has 4 heterocycles. The number of hydrogen-bond donors (Lipinski definition) is 6. The maximum Gasteiger partial charge on any atom is 0.311 e. The lowest BCUT2D eigenvalue weighted by atomic mass is 9.90. The topological polar surface area (TPSA) is 374 Å². The van der Waals surface area contributed by atoms with E-state index in [1.165, 1.54) is 57.5 Å². The second kappa shape index (κ2) is 48.7. The first-order valence-corrected chi connectivity index (χ1v) is 49.9.